The molecule has 1 aliphatic carbocycles. The van der Waals surface area contributed by atoms with E-state index in [9.17, 15) is 9.90 Å². The summed E-state index contributed by atoms with van der Waals surface area (Å²) in [6.07, 6.45) is 2.43. The first-order chi connectivity index (χ1) is 13.3. The number of aryl methyl sites for hydroxylation is 4. The molecule has 0 spiro atoms. The van der Waals surface area contributed by atoms with Gasteiger partial charge in [-0.15, -0.1) is 22.7 Å². The fraction of sp³-hybridized carbons (Fsp3) is 0.208. The normalized spacial score (nSPS) is 15.9. The molecule has 0 unspecified atom stereocenters. The van der Waals surface area contributed by atoms with Crippen molar-refractivity contribution in [2.45, 2.75) is 34.1 Å². The molecule has 1 N–H and O–H groups in total. The molecule has 0 fully saturated rings. The summed E-state index contributed by atoms with van der Waals surface area (Å²) >= 11 is 3.50. The molecule has 142 valence electrons. The molecule has 0 atom stereocenters. The van der Waals surface area contributed by atoms with Crippen LogP contribution in [0, 0.1) is 27.7 Å². The van der Waals surface area contributed by atoms with E-state index in [0.29, 0.717) is 12.0 Å². The van der Waals surface area contributed by atoms with Crippen LogP contribution in [-0.4, -0.2) is 10.9 Å². The Bertz CT molecular complexity index is 1160. The fourth-order valence-electron chi connectivity index (χ4n) is 3.89. The monoisotopic (exact) mass is 406 g/mol. The highest BCUT2D eigenvalue weighted by atomic mass is 32.1. The Kier molecular flexibility index (Phi) is 4.86. The number of aromatic hydroxyl groups is 1. The van der Waals surface area contributed by atoms with Crippen molar-refractivity contribution >= 4 is 45.7 Å². The number of hydrogen-bond acceptors (Lipinski definition) is 4. The second kappa shape index (κ2) is 7.19. The molecular formula is C24H22O2S2. The number of phenolic OH excluding ortho intramolecular Hbond substituents is 1. The zero-order valence-corrected chi connectivity index (χ0v) is 18.1. The van der Waals surface area contributed by atoms with Crippen molar-refractivity contribution < 1.29 is 9.90 Å². The van der Waals surface area contributed by atoms with Crippen molar-refractivity contribution in [2.75, 3.05) is 0 Å². The van der Waals surface area contributed by atoms with Crippen LogP contribution >= 0.6 is 22.7 Å². The van der Waals surface area contributed by atoms with E-state index < -0.39 is 0 Å². The van der Waals surface area contributed by atoms with Crippen LogP contribution in [0.15, 0.2) is 42.0 Å². The van der Waals surface area contributed by atoms with Crippen LogP contribution in [-0.2, 0) is 4.79 Å². The summed E-state index contributed by atoms with van der Waals surface area (Å²) in [5, 5.41) is 10.2. The molecule has 1 aromatic carbocycles. The largest absolute Gasteiger partial charge is 0.507 e. The summed E-state index contributed by atoms with van der Waals surface area (Å²) in [7, 11) is 0. The molecule has 4 heteroatoms. The minimum Gasteiger partial charge on any atom is -0.507 e. The van der Waals surface area contributed by atoms with Crippen molar-refractivity contribution in [3.8, 4) is 5.75 Å². The molecule has 0 amide bonds. The number of rotatable bonds is 3. The summed E-state index contributed by atoms with van der Waals surface area (Å²) in [5.41, 5.74) is 5.57. The van der Waals surface area contributed by atoms with Gasteiger partial charge in [0.1, 0.15) is 5.75 Å². The van der Waals surface area contributed by atoms with Gasteiger partial charge in [-0.25, -0.2) is 0 Å². The topological polar surface area (TPSA) is 37.3 Å². The molecule has 1 aliphatic rings. The molecule has 2 aromatic heterocycles. The molecule has 0 aliphatic heterocycles. The summed E-state index contributed by atoms with van der Waals surface area (Å²) in [4.78, 5) is 18.4. The molecule has 3 aromatic rings. The number of benzene rings is 1. The molecule has 2 heterocycles. The van der Waals surface area contributed by atoms with E-state index >= 15 is 0 Å². The Morgan fingerprint density at radius 2 is 1.54 bits per heavy atom. The second-order valence-corrected chi connectivity index (χ2v) is 10.2. The minimum atomic E-state index is 0.0717. The molecule has 0 bridgehead atoms. The highest BCUT2D eigenvalue weighted by Gasteiger charge is 2.32. The van der Waals surface area contributed by atoms with Crippen molar-refractivity contribution in [1.82, 2.24) is 0 Å². The molecule has 0 saturated heterocycles. The van der Waals surface area contributed by atoms with E-state index in [2.05, 4.69) is 39.8 Å². The average molecular weight is 407 g/mol. The SMILES string of the molecule is Cc1cc(C2=C(c3cc(C)sc3C)C(=O)/C(=C/c3ccccc3O)C2)c(C)s1. The predicted molar refractivity (Wildman–Crippen MR) is 120 cm³/mol. The first-order valence-corrected chi connectivity index (χ1v) is 10.9. The van der Waals surface area contributed by atoms with Gasteiger partial charge in [0.15, 0.2) is 5.78 Å². The number of carbonyl (C=O) groups is 1. The first kappa shape index (κ1) is 18.9. The quantitative estimate of drug-likeness (QED) is 0.490. The molecular weight excluding hydrogens is 384 g/mol. The van der Waals surface area contributed by atoms with Gasteiger partial charge in [0.25, 0.3) is 0 Å². The van der Waals surface area contributed by atoms with Crippen LogP contribution in [0.4, 0.5) is 0 Å². The van der Waals surface area contributed by atoms with Gasteiger partial charge in [-0.1, -0.05) is 18.2 Å². The van der Waals surface area contributed by atoms with Crippen molar-refractivity contribution in [3.63, 3.8) is 0 Å². The number of allylic oxidation sites excluding steroid dienone is 3. The van der Waals surface area contributed by atoms with Crippen molar-refractivity contribution in [3.05, 3.63) is 78.2 Å². The van der Waals surface area contributed by atoms with E-state index in [1.54, 1.807) is 34.8 Å². The van der Waals surface area contributed by atoms with E-state index in [-0.39, 0.29) is 11.5 Å². The van der Waals surface area contributed by atoms with Gasteiger partial charge in [0, 0.05) is 42.6 Å². The van der Waals surface area contributed by atoms with Gasteiger partial charge in [0.05, 0.1) is 0 Å². The fourth-order valence-corrected chi connectivity index (χ4v) is 5.78. The maximum absolute atomic E-state index is 13.5. The highest BCUT2D eigenvalue weighted by Crippen LogP contribution is 2.45. The second-order valence-electron chi connectivity index (χ2n) is 7.24. The smallest absolute Gasteiger partial charge is 0.190 e. The lowest BCUT2D eigenvalue weighted by atomic mass is 9.97. The first-order valence-electron chi connectivity index (χ1n) is 9.26. The van der Waals surface area contributed by atoms with Gasteiger partial charge in [0.2, 0.25) is 0 Å². The Morgan fingerprint density at radius 3 is 2.11 bits per heavy atom. The van der Waals surface area contributed by atoms with Crippen LogP contribution in [0.1, 0.15) is 42.6 Å². The number of hydrogen-bond donors (Lipinski definition) is 1. The molecule has 0 saturated carbocycles. The number of ketones is 1. The van der Waals surface area contributed by atoms with Gasteiger partial charge in [-0.05, 0) is 68.7 Å². The molecule has 28 heavy (non-hydrogen) atoms. The summed E-state index contributed by atoms with van der Waals surface area (Å²) in [5.74, 6) is 0.269. The predicted octanol–water partition coefficient (Wildman–Crippen LogP) is 6.72. The van der Waals surface area contributed by atoms with Crippen molar-refractivity contribution in [2.24, 2.45) is 0 Å². The Morgan fingerprint density at radius 1 is 0.929 bits per heavy atom. The lowest BCUT2D eigenvalue weighted by molar-refractivity contribution is -0.110. The minimum absolute atomic E-state index is 0.0717. The zero-order chi connectivity index (χ0) is 20.0. The third-order valence-corrected chi connectivity index (χ3v) is 7.06. The van der Waals surface area contributed by atoms with E-state index in [4.69, 9.17) is 0 Å². The lowest BCUT2D eigenvalue weighted by Gasteiger charge is -2.06. The van der Waals surface area contributed by atoms with Crippen LogP contribution in [0.2, 0.25) is 0 Å². The third-order valence-electron chi connectivity index (χ3n) is 5.13. The van der Waals surface area contributed by atoms with Gasteiger partial charge >= 0.3 is 0 Å². The number of thiophene rings is 2. The van der Waals surface area contributed by atoms with E-state index in [1.165, 1.54) is 25.1 Å². The Labute approximate surface area is 173 Å². The summed E-state index contributed by atoms with van der Waals surface area (Å²) < 4.78 is 0. The number of para-hydroxylation sites is 1. The average Bonchev–Trinajstić information content (AvgIpc) is 3.25. The van der Waals surface area contributed by atoms with E-state index in [0.717, 1.165) is 22.3 Å². The third kappa shape index (κ3) is 3.27. The summed E-state index contributed by atoms with van der Waals surface area (Å²) in [6, 6.07) is 11.5. The van der Waals surface area contributed by atoms with Crippen LogP contribution in [0.3, 0.4) is 0 Å². The molecule has 4 rings (SSSR count). The maximum Gasteiger partial charge on any atom is 0.190 e. The number of phenols is 1. The maximum atomic E-state index is 13.5. The molecule has 0 radical (unpaired) electrons. The Balaban J connectivity index is 1.90. The van der Waals surface area contributed by atoms with Crippen LogP contribution < -0.4 is 0 Å². The number of Topliss-reactive ketones (excluding diaryl/α,β-unsaturated/α-hetero) is 1. The zero-order valence-electron chi connectivity index (χ0n) is 16.4. The van der Waals surface area contributed by atoms with Crippen LogP contribution in [0.5, 0.6) is 5.75 Å². The lowest BCUT2D eigenvalue weighted by Crippen LogP contribution is -1.99. The van der Waals surface area contributed by atoms with Crippen molar-refractivity contribution in [1.29, 1.82) is 0 Å². The standard InChI is InChI=1S/C24H22O2S2/c1-13-9-19(15(3)27-13)21-12-18(11-17-7-5-6-8-22(17)25)24(26)23(21)20-10-14(2)28-16(20)4/h5-11,25H,12H2,1-4H3/b18-11+. The van der Waals surface area contributed by atoms with Gasteiger partial charge in [-0.3, -0.25) is 4.79 Å². The van der Waals surface area contributed by atoms with Gasteiger partial charge < -0.3 is 5.11 Å². The Hall–Kier alpha value is -2.43. The van der Waals surface area contributed by atoms with Gasteiger partial charge in [-0.2, -0.15) is 0 Å². The highest BCUT2D eigenvalue weighted by molar-refractivity contribution is 7.12. The number of carbonyl (C=O) groups excluding carboxylic acids is 1. The van der Waals surface area contributed by atoms with E-state index in [1.807, 2.05) is 18.2 Å². The molecule has 2 nitrogen and oxygen atoms in total. The summed E-state index contributed by atoms with van der Waals surface area (Å²) in [6.45, 7) is 8.40. The van der Waals surface area contributed by atoms with Crippen LogP contribution in [0.25, 0.3) is 17.2 Å².